The lowest BCUT2D eigenvalue weighted by molar-refractivity contribution is 0.217. The molecule has 0 spiro atoms. The molecule has 0 saturated carbocycles. The van der Waals surface area contributed by atoms with Crippen molar-refractivity contribution in [2.24, 2.45) is 5.73 Å². The Bertz CT molecular complexity index is 301. The van der Waals surface area contributed by atoms with Gasteiger partial charge in [0.2, 0.25) is 0 Å². The van der Waals surface area contributed by atoms with Gasteiger partial charge < -0.3 is 11.1 Å². The fraction of sp³-hybridized carbons (Fsp3) is 0.538. The smallest absolute Gasteiger partial charge is 0.109 e. The highest BCUT2D eigenvalue weighted by Gasteiger charge is 2.15. The number of benzene rings is 1. The lowest BCUT2D eigenvalue weighted by Crippen LogP contribution is -2.15. The predicted molar refractivity (Wildman–Crippen MR) is 67.5 cm³/mol. The summed E-state index contributed by atoms with van der Waals surface area (Å²) in [7, 11) is 0. The van der Waals surface area contributed by atoms with Crippen LogP contribution in [-0.2, 0) is 6.42 Å². The Morgan fingerprint density at radius 1 is 1.25 bits per heavy atom. The van der Waals surface area contributed by atoms with Gasteiger partial charge in [-0.15, -0.1) is 0 Å². The molecule has 1 aromatic carbocycles. The van der Waals surface area contributed by atoms with Crippen molar-refractivity contribution in [2.75, 3.05) is 18.4 Å². The van der Waals surface area contributed by atoms with Crippen molar-refractivity contribution in [2.45, 2.75) is 32.4 Å². The van der Waals surface area contributed by atoms with E-state index in [1.165, 1.54) is 0 Å². The predicted octanol–water partition coefficient (Wildman–Crippen LogP) is 2.74. The number of nitrogens with one attached hydrogen (secondary N) is 1. The molecule has 0 unspecified atom stereocenters. The molecule has 3 heteroatoms. The lowest BCUT2D eigenvalue weighted by atomic mass is 10.0. The number of hydrogen-bond acceptors (Lipinski definition) is 2. The standard InChI is InChI=1S/C13H21FN2/c1-13(2,14)10-11-4-6-12(7-5-11)16-9-3-8-15/h4-7,16H,3,8-10,15H2,1-2H3. The van der Waals surface area contributed by atoms with Gasteiger partial charge in [-0.25, -0.2) is 4.39 Å². The molecular formula is C13H21FN2. The van der Waals surface area contributed by atoms with Gasteiger partial charge in [0.25, 0.3) is 0 Å². The van der Waals surface area contributed by atoms with Gasteiger partial charge in [-0.2, -0.15) is 0 Å². The largest absolute Gasteiger partial charge is 0.385 e. The summed E-state index contributed by atoms with van der Waals surface area (Å²) in [5.41, 5.74) is 6.35. The van der Waals surface area contributed by atoms with Gasteiger partial charge in [0, 0.05) is 18.7 Å². The van der Waals surface area contributed by atoms with E-state index >= 15 is 0 Å². The van der Waals surface area contributed by atoms with Crippen LogP contribution >= 0.6 is 0 Å². The van der Waals surface area contributed by atoms with Crippen molar-refractivity contribution < 1.29 is 4.39 Å². The molecule has 2 nitrogen and oxygen atoms in total. The van der Waals surface area contributed by atoms with Gasteiger partial charge in [-0.05, 0) is 44.5 Å². The van der Waals surface area contributed by atoms with Crippen molar-refractivity contribution in [3.05, 3.63) is 29.8 Å². The summed E-state index contributed by atoms with van der Waals surface area (Å²) in [6, 6.07) is 7.90. The summed E-state index contributed by atoms with van der Waals surface area (Å²) in [6.07, 6.45) is 1.41. The first-order valence-electron chi connectivity index (χ1n) is 5.73. The minimum absolute atomic E-state index is 0.454. The van der Waals surface area contributed by atoms with Crippen molar-refractivity contribution in [3.8, 4) is 0 Å². The summed E-state index contributed by atoms with van der Waals surface area (Å²) in [5, 5.41) is 3.26. The van der Waals surface area contributed by atoms with Crippen LogP contribution in [0, 0.1) is 0 Å². The second-order valence-corrected chi connectivity index (χ2v) is 4.66. The Hall–Kier alpha value is -1.09. The van der Waals surface area contributed by atoms with Crippen LogP contribution in [0.3, 0.4) is 0 Å². The number of rotatable bonds is 6. The summed E-state index contributed by atoms with van der Waals surface area (Å²) in [6.45, 7) is 4.77. The molecule has 16 heavy (non-hydrogen) atoms. The minimum atomic E-state index is -1.14. The van der Waals surface area contributed by atoms with Crippen molar-refractivity contribution >= 4 is 5.69 Å². The molecule has 1 aromatic rings. The highest BCUT2D eigenvalue weighted by atomic mass is 19.1. The van der Waals surface area contributed by atoms with Crippen LogP contribution in [0.2, 0.25) is 0 Å². The molecule has 0 radical (unpaired) electrons. The van der Waals surface area contributed by atoms with E-state index in [9.17, 15) is 4.39 Å². The second kappa shape index (κ2) is 5.85. The Morgan fingerprint density at radius 3 is 2.38 bits per heavy atom. The summed E-state index contributed by atoms with van der Waals surface area (Å²) < 4.78 is 13.4. The lowest BCUT2D eigenvalue weighted by Gasteiger charge is -2.14. The highest BCUT2D eigenvalue weighted by Crippen LogP contribution is 2.18. The van der Waals surface area contributed by atoms with Crippen LogP contribution in [-0.4, -0.2) is 18.8 Å². The van der Waals surface area contributed by atoms with Gasteiger partial charge in [0.05, 0.1) is 0 Å². The first-order chi connectivity index (χ1) is 7.51. The van der Waals surface area contributed by atoms with Gasteiger partial charge in [-0.1, -0.05) is 12.1 Å². The summed E-state index contributed by atoms with van der Waals surface area (Å²) >= 11 is 0. The molecule has 0 aromatic heterocycles. The molecular weight excluding hydrogens is 203 g/mol. The molecule has 0 aliphatic rings. The number of alkyl halides is 1. The molecule has 0 fully saturated rings. The van der Waals surface area contributed by atoms with E-state index in [0.717, 1.165) is 24.2 Å². The fourth-order valence-electron chi connectivity index (χ4n) is 1.56. The Labute approximate surface area is 97.0 Å². The van der Waals surface area contributed by atoms with Crippen LogP contribution in [0.1, 0.15) is 25.8 Å². The van der Waals surface area contributed by atoms with Crippen LogP contribution in [0.5, 0.6) is 0 Å². The van der Waals surface area contributed by atoms with Gasteiger partial charge >= 0.3 is 0 Å². The zero-order valence-corrected chi connectivity index (χ0v) is 10.1. The van der Waals surface area contributed by atoms with E-state index in [0.29, 0.717) is 13.0 Å². The second-order valence-electron chi connectivity index (χ2n) is 4.66. The van der Waals surface area contributed by atoms with Gasteiger partial charge in [0.1, 0.15) is 5.67 Å². The monoisotopic (exact) mass is 224 g/mol. The van der Waals surface area contributed by atoms with E-state index in [1.54, 1.807) is 13.8 Å². The number of anilines is 1. The highest BCUT2D eigenvalue weighted by molar-refractivity contribution is 5.44. The molecule has 0 atom stereocenters. The third kappa shape index (κ3) is 5.12. The topological polar surface area (TPSA) is 38.0 Å². The number of nitrogens with two attached hydrogens (primary N) is 1. The first kappa shape index (κ1) is 13.0. The average Bonchev–Trinajstić information content (AvgIpc) is 2.19. The maximum absolute atomic E-state index is 13.4. The van der Waals surface area contributed by atoms with Gasteiger partial charge in [0.15, 0.2) is 0 Å². The van der Waals surface area contributed by atoms with Crippen LogP contribution in [0.15, 0.2) is 24.3 Å². The summed E-state index contributed by atoms with van der Waals surface area (Å²) in [4.78, 5) is 0. The van der Waals surface area contributed by atoms with E-state index < -0.39 is 5.67 Å². The summed E-state index contributed by atoms with van der Waals surface area (Å²) in [5.74, 6) is 0. The molecule has 0 amide bonds. The number of hydrogen-bond donors (Lipinski definition) is 2. The third-order valence-electron chi connectivity index (χ3n) is 2.29. The molecule has 0 heterocycles. The van der Waals surface area contributed by atoms with Crippen molar-refractivity contribution in [1.82, 2.24) is 0 Å². The molecule has 3 N–H and O–H groups in total. The molecule has 1 rings (SSSR count). The Kier molecular flexibility index (Phi) is 4.74. The zero-order chi connectivity index (χ0) is 12.0. The molecule has 0 saturated heterocycles. The quantitative estimate of drug-likeness (QED) is 0.729. The molecule has 0 bridgehead atoms. The Morgan fingerprint density at radius 2 is 1.88 bits per heavy atom. The molecule has 90 valence electrons. The zero-order valence-electron chi connectivity index (χ0n) is 10.1. The maximum Gasteiger partial charge on any atom is 0.109 e. The van der Waals surface area contributed by atoms with Crippen LogP contribution < -0.4 is 11.1 Å². The van der Waals surface area contributed by atoms with Crippen LogP contribution in [0.4, 0.5) is 10.1 Å². The van der Waals surface area contributed by atoms with Crippen molar-refractivity contribution in [1.29, 1.82) is 0 Å². The normalized spacial score (nSPS) is 11.5. The SMILES string of the molecule is CC(C)(F)Cc1ccc(NCCCN)cc1. The third-order valence-corrected chi connectivity index (χ3v) is 2.29. The maximum atomic E-state index is 13.4. The van der Waals surface area contributed by atoms with E-state index in [4.69, 9.17) is 5.73 Å². The average molecular weight is 224 g/mol. The first-order valence-corrected chi connectivity index (χ1v) is 5.73. The van der Waals surface area contributed by atoms with E-state index in [1.807, 2.05) is 24.3 Å². The van der Waals surface area contributed by atoms with E-state index in [2.05, 4.69) is 5.32 Å². The number of halogens is 1. The van der Waals surface area contributed by atoms with Gasteiger partial charge in [-0.3, -0.25) is 0 Å². The van der Waals surface area contributed by atoms with Crippen LogP contribution in [0.25, 0.3) is 0 Å². The molecule has 0 aliphatic carbocycles. The van der Waals surface area contributed by atoms with Crippen molar-refractivity contribution in [3.63, 3.8) is 0 Å². The minimum Gasteiger partial charge on any atom is -0.385 e. The fourth-order valence-corrected chi connectivity index (χ4v) is 1.56. The Balaban J connectivity index is 2.48. The molecule has 0 aliphatic heterocycles. The van der Waals surface area contributed by atoms with E-state index in [-0.39, 0.29) is 0 Å².